The first kappa shape index (κ1) is 24.5. The van der Waals surface area contributed by atoms with Gasteiger partial charge in [0.15, 0.2) is 11.5 Å². The summed E-state index contributed by atoms with van der Waals surface area (Å²) in [6.45, 7) is 4.86. The normalized spacial score (nSPS) is 15.7. The molecule has 1 heterocycles. The standard InChI is InChI=1S/C18H29N3O5S.ClH/c1-3-4-6-14(12-19)20-18(22)13(2)21-27(23,24)15-7-8-16-17(11-15)26-10-5-9-25-16;/h7-8,11,13-14,21H,3-6,9-10,12,19H2,1-2H3,(H,20,22);1H. The average Bonchev–Trinajstić information content (AvgIpc) is 2.89. The summed E-state index contributed by atoms with van der Waals surface area (Å²) in [7, 11) is -3.89. The van der Waals surface area contributed by atoms with Crippen LogP contribution in [0.25, 0.3) is 0 Å². The zero-order chi connectivity index (χ0) is 19.9. The van der Waals surface area contributed by atoms with Crippen molar-refractivity contribution in [1.29, 1.82) is 0 Å². The average molecular weight is 436 g/mol. The molecule has 0 aromatic heterocycles. The number of carbonyl (C=O) groups is 1. The van der Waals surface area contributed by atoms with Crippen LogP contribution in [0.15, 0.2) is 23.1 Å². The summed E-state index contributed by atoms with van der Waals surface area (Å²) in [6.07, 6.45) is 3.44. The Kier molecular flexibility index (Phi) is 10.0. The Morgan fingerprint density at radius 1 is 1.25 bits per heavy atom. The molecular weight excluding hydrogens is 406 g/mol. The highest BCUT2D eigenvalue weighted by atomic mass is 35.5. The number of rotatable bonds is 9. The first-order chi connectivity index (χ1) is 12.9. The number of hydrogen-bond donors (Lipinski definition) is 3. The summed E-state index contributed by atoms with van der Waals surface area (Å²) >= 11 is 0. The van der Waals surface area contributed by atoms with Crippen molar-refractivity contribution in [3.05, 3.63) is 18.2 Å². The van der Waals surface area contributed by atoms with Crippen molar-refractivity contribution in [3.63, 3.8) is 0 Å². The van der Waals surface area contributed by atoms with E-state index >= 15 is 0 Å². The molecule has 1 amide bonds. The number of fused-ring (bicyclic) bond motifs is 1. The minimum atomic E-state index is -3.89. The molecule has 8 nitrogen and oxygen atoms in total. The van der Waals surface area contributed by atoms with Crippen molar-refractivity contribution in [2.45, 2.75) is 56.5 Å². The topological polar surface area (TPSA) is 120 Å². The van der Waals surface area contributed by atoms with Crippen molar-refractivity contribution in [3.8, 4) is 11.5 Å². The van der Waals surface area contributed by atoms with Gasteiger partial charge in [0.05, 0.1) is 24.2 Å². The van der Waals surface area contributed by atoms with Gasteiger partial charge >= 0.3 is 0 Å². The highest BCUT2D eigenvalue weighted by molar-refractivity contribution is 7.89. The van der Waals surface area contributed by atoms with Crippen LogP contribution in [0.3, 0.4) is 0 Å². The number of hydrogen-bond acceptors (Lipinski definition) is 6. The first-order valence-corrected chi connectivity index (χ1v) is 10.8. The van der Waals surface area contributed by atoms with Crippen molar-refractivity contribution in [2.24, 2.45) is 5.73 Å². The molecule has 0 aliphatic carbocycles. The molecule has 10 heteroatoms. The molecule has 0 fully saturated rings. The van der Waals surface area contributed by atoms with Crippen LogP contribution in [-0.2, 0) is 14.8 Å². The van der Waals surface area contributed by atoms with Crippen LogP contribution in [0.1, 0.15) is 39.5 Å². The van der Waals surface area contributed by atoms with Crippen molar-refractivity contribution in [1.82, 2.24) is 10.0 Å². The predicted octanol–water partition coefficient (Wildman–Crippen LogP) is 1.57. The molecule has 0 saturated heterocycles. The fraction of sp³-hybridized carbons (Fsp3) is 0.611. The highest BCUT2D eigenvalue weighted by Crippen LogP contribution is 2.31. The lowest BCUT2D eigenvalue weighted by Crippen LogP contribution is -2.49. The van der Waals surface area contributed by atoms with Crippen LogP contribution in [0.2, 0.25) is 0 Å². The van der Waals surface area contributed by atoms with Gasteiger partial charge in [-0.3, -0.25) is 4.79 Å². The SMILES string of the molecule is CCCCC(CN)NC(=O)C(C)NS(=O)(=O)c1ccc2c(c1)OCCCO2.Cl. The highest BCUT2D eigenvalue weighted by Gasteiger charge is 2.25. The molecule has 2 rings (SSSR count). The Morgan fingerprint density at radius 3 is 2.57 bits per heavy atom. The molecule has 1 aromatic rings. The van der Waals surface area contributed by atoms with E-state index in [1.54, 1.807) is 6.07 Å². The number of amides is 1. The second-order valence-electron chi connectivity index (χ2n) is 6.59. The summed E-state index contributed by atoms with van der Waals surface area (Å²) in [5.74, 6) is 0.494. The predicted molar refractivity (Wildman–Crippen MR) is 110 cm³/mol. The molecule has 2 atom stereocenters. The molecule has 2 unspecified atom stereocenters. The van der Waals surface area contributed by atoms with Gasteiger partial charge in [0.25, 0.3) is 0 Å². The quantitative estimate of drug-likeness (QED) is 0.541. The van der Waals surface area contributed by atoms with E-state index in [0.717, 1.165) is 25.7 Å². The molecule has 0 bridgehead atoms. The maximum Gasteiger partial charge on any atom is 0.241 e. The van der Waals surface area contributed by atoms with Gasteiger partial charge in [-0.25, -0.2) is 8.42 Å². The molecule has 160 valence electrons. The maximum absolute atomic E-state index is 12.6. The number of nitrogens with one attached hydrogen (secondary N) is 2. The van der Waals surface area contributed by atoms with E-state index in [0.29, 0.717) is 31.3 Å². The molecule has 0 saturated carbocycles. The third-order valence-corrected chi connectivity index (χ3v) is 5.83. The van der Waals surface area contributed by atoms with Crippen LogP contribution in [0.5, 0.6) is 11.5 Å². The Morgan fingerprint density at radius 2 is 1.93 bits per heavy atom. The van der Waals surface area contributed by atoms with Gasteiger partial charge in [0, 0.05) is 25.1 Å². The summed E-state index contributed by atoms with van der Waals surface area (Å²) in [5, 5.41) is 2.80. The Bertz CT molecular complexity index is 745. The first-order valence-electron chi connectivity index (χ1n) is 9.29. The zero-order valence-electron chi connectivity index (χ0n) is 16.3. The smallest absolute Gasteiger partial charge is 0.241 e. The Balaban J connectivity index is 0.00000392. The Hall–Kier alpha value is -1.55. The van der Waals surface area contributed by atoms with Crippen LogP contribution < -0.4 is 25.2 Å². The second kappa shape index (κ2) is 11.5. The maximum atomic E-state index is 12.6. The Labute approximate surface area is 173 Å². The van der Waals surface area contributed by atoms with Crippen molar-refractivity contribution in [2.75, 3.05) is 19.8 Å². The van der Waals surface area contributed by atoms with E-state index < -0.39 is 22.0 Å². The van der Waals surface area contributed by atoms with E-state index in [1.165, 1.54) is 19.1 Å². The molecule has 1 aliphatic heterocycles. The van der Waals surface area contributed by atoms with Gasteiger partial charge in [-0.15, -0.1) is 12.4 Å². The fourth-order valence-electron chi connectivity index (χ4n) is 2.69. The lowest BCUT2D eigenvalue weighted by molar-refractivity contribution is -0.123. The number of nitrogens with two attached hydrogens (primary N) is 1. The summed E-state index contributed by atoms with van der Waals surface area (Å²) in [4.78, 5) is 12.3. The fourth-order valence-corrected chi connectivity index (χ4v) is 3.91. The van der Waals surface area contributed by atoms with Gasteiger partial charge < -0.3 is 20.5 Å². The molecule has 28 heavy (non-hydrogen) atoms. The second-order valence-corrected chi connectivity index (χ2v) is 8.30. The third kappa shape index (κ3) is 6.80. The summed E-state index contributed by atoms with van der Waals surface area (Å²) in [5.41, 5.74) is 5.68. The summed E-state index contributed by atoms with van der Waals surface area (Å²) in [6, 6.07) is 3.32. The van der Waals surface area contributed by atoms with E-state index in [1.807, 2.05) is 0 Å². The van der Waals surface area contributed by atoms with Crippen LogP contribution in [-0.4, -0.2) is 46.2 Å². The van der Waals surface area contributed by atoms with Crippen LogP contribution in [0, 0.1) is 0 Å². The molecule has 4 N–H and O–H groups in total. The zero-order valence-corrected chi connectivity index (χ0v) is 17.9. The van der Waals surface area contributed by atoms with Gasteiger partial charge in [0.2, 0.25) is 15.9 Å². The number of benzene rings is 1. The van der Waals surface area contributed by atoms with E-state index in [9.17, 15) is 13.2 Å². The minimum absolute atomic E-state index is 0. The number of unbranched alkanes of at least 4 members (excludes halogenated alkanes) is 1. The molecular formula is C18H30ClN3O5S. The third-order valence-electron chi connectivity index (χ3n) is 4.29. The molecule has 1 aliphatic rings. The van der Waals surface area contributed by atoms with Gasteiger partial charge in [-0.05, 0) is 25.5 Å². The van der Waals surface area contributed by atoms with E-state index in [4.69, 9.17) is 15.2 Å². The van der Waals surface area contributed by atoms with Gasteiger partial charge in [0.1, 0.15) is 0 Å². The van der Waals surface area contributed by atoms with E-state index in [-0.39, 0.29) is 23.3 Å². The monoisotopic (exact) mass is 435 g/mol. The number of carbonyl (C=O) groups excluding carboxylic acids is 1. The van der Waals surface area contributed by atoms with Crippen LogP contribution >= 0.6 is 12.4 Å². The van der Waals surface area contributed by atoms with E-state index in [2.05, 4.69) is 17.0 Å². The number of halogens is 1. The summed E-state index contributed by atoms with van der Waals surface area (Å²) < 4.78 is 38.7. The lowest BCUT2D eigenvalue weighted by atomic mass is 10.1. The minimum Gasteiger partial charge on any atom is -0.490 e. The van der Waals surface area contributed by atoms with Crippen molar-refractivity contribution >= 4 is 28.3 Å². The largest absolute Gasteiger partial charge is 0.490 e. The number of ether oxygens (including phenoxy) is 2. The van der Waals surface area contributed by atoms with Gasteiger partial charge in [-0.2, -0.15) is 4.72 Å². The molecule has 0 spiro atoms. The number of sulfonamides is 1. The lowest BCUT2D eigenvalue weighted by Gasteiger charge is -2.20. The molecule has 0 radical (unpaired) electrons. The van der Waals surface area contributed by atoms with Crippen molar-refractivity contribution < 1.29 is 22.7 Å². The molecule has 1 aromatic carbocycles. The van der Waals surface area contributed by atoms with Gasteiger partial charge in [-0.1, -0.05) is 19.8 Å². The van der Waals surface area contributed by atoms with Crippen LogP contribution in [0.4, 0.5) is 0 Å².